The fraction of sp³-hybridized carbons (Fsp3) is 0.250. The van der Waals surface area contributed by atoms with Crippen molar-refractivity contribution in [3.05, 3.63) is 107 Å². The van der Waals surface area contributed by atoms with Gasteiger partial charge in [0.15, 0.2) is 0 Å². The summed E-state index contributed by atoms with van der Waals surface area (Å²) in [6.07, 6.45) is 1.58. The fourth-order valence-electron chi connectivity index (χ4n) is 4.52. The summed E-state index contributed by atoms with van der Waals surface area (Å²) in [5, 5.41) is 8.03. The first-order chi connectivity index (χ1) is 17.2. The third-order valence-electron chi connectivity index (χ3n) is 6.42. The summed E-state index contributed by atoms with van der Waals surface area (Å²) in [6.45, 7) is 2.17. The molecular formula is C28H27ClN4O2. The average molecular weight is 487 g/mol. The van der Waals surface area contributed by atoms with Crippen LogP contribution >= 0.6 is 11.6 Å². The molecule has 7 heteroatoms. The van der Waals surface area contributed by atoms with Gasteiger partial charge in [-0.2, -0.15) is 4.98 Å². The Labute approximate surface area is 209 Å². The number of nitrogens with one attached hydrogen (secondary N) is 1. The molecule has 0 spiro atoms. The molecule has 35 heavy (non-hydrogen) atoms. The van der Waals surface area contributed by atoms with E-state index in [4.69, 9.17) is 16.1 Å². The minimum absolute atomic E-state index is 0.0223. The number of nitrogens with zero attached hydrogens (tertiary/aromatic N) is 3. The SMILES string of the molecule is O=C(NC(c1ccccc1)c1ccccc1)C1CCN(Cc2nc(-c3cccc(Cl)c3)no2)CC1. The average Bonchev–Trinajstić information content (AvgIpc) is 3.37. The van der Waals surface area contributed by atoms with E-state index in [-0.39, 0.29) is 17.9 Å². The molecule has 0 radical (unpaired) electrons. The van der Waals surface area contributed by atoms with Crippen molar-refractivity contribution in [1.29, 1.82) is 0 Å². The monoisotopic (exact) mass is 486 g/mol. The highest BCUT2D eigenvalue weighted by atomic mass is 35.5. The molecule has 6 nitrogen and oxygen atoms in total. The maximum Gasteiger partial charge on any atom is 0.241 e. The van der Waals surface area contributed by atoms with Crippen LogP contribution in [0.5, 0.6) is 0 Å². The Hall–Kier alpha value is -3.48. The lowest BCUT2D eigenvalue weighted by atomic mass is 9.93. The second-order valence-corrected chi connectivity index (χ2v) is 9.27. The molecule has 0 bridgehead atoms. The molecule has 3 aromatic carbocycles. The highest BCUT2D eigenvalue weighted by molar-refractivity contribution is 6.30. The maximum atomic E-state index is 13.2. The molecule has 1 N–H and O–H groups in total. The number of likely N-dealkylation sites (tertiary alicyclic amines) is 1. The van der Waals surface area contributed by atoms with Crippen molar-refractivity contribution in [2.45, 2.75) is 25.4 Å². The molecule has 1 aromatic heterocycles. The number of aromatic nitrogens is 2. The van der Waals surface area contributed by atoms with Crippen LogP contribution in [0.15, 0.2) is 89.5 Å². The third-order valence-corrected chi connectivity index (χ3v) is 6.66. The van der Waals surface area contributed by atoms with Gasteiger partial charge in [-0.1, -0.05) is 89.6 Å². The van der Waals surface area contributed by atoms with E-state index in [0.717, 1.165) is 42.6 Å². The van der Waals surface area contributed by atoms with Gasteiger partial charge >= 0.3 is 0 Å². The first-order valence-corrected chi connectivity index (χ1v) is 12.2. The summed E-state index contributed by atoms with van der Waals surface area (Å²) < 4.78 is 5.46. The zero-order valence-corrected chi connectivity index (χ0v) is 20.1. The van der Waals surface area contributed by atoms with Gasteiger partial charge in [0.1, 0.15) is 0 Å². The second kappa shape index (κ2) is 10.8. The highest BCUT2D eigenvalue weighted by Gasteiger charge is 2.28. The molecule has 2 heterocycles. The zero-order valence-electron chi connectivity index (χ0n) is 19.3. The van der Waals surface area contributed by atoms with E-state index >= 15 is 0 Å². The van der Waals surface area contributed by atoms with Gasteiger partial charge < -0.3 is 9.84 Å². The normalized spacial score (nSPS) is 14.8. The molecule has 0 saturated carbocycles. The maximum absolute atomic E-state index is 13.2. The number of piperidine rings is 1. The summed E-state index contributed by atoms with van der Waals surface area (Å²) in [7, 11) is 0. The van der Waals surface area contributed by atoms with E-state index in [9.17, 15) is 4.79 Å². The molecule has 5 rings (SSSR count). The van der Waals surface area contributed by atoms with E-state index in [0.29, 0.717) is 23.3 Å². The summed E-state index contributed by atoms with van der Waals surface area (Å²) in [6, 6.07) is 27.5. The summed E-state index contributed by atoms with van der Waals surface area (Å²) in [4.78, 5) is 20.0. The summed E-state index contributed by atoms with van der Waals surface area (Å²) >= 11 is 6.07. The quantitative estimate of drug-likeness (QED) is 0.373. The van der Waals surface area contributed by atoms with Crippen LogP contribution in [-0.4, -0.2) is 34.0 Å². The van der Waals surface area contributed by atoms with Crippen LogP contribution in [0.1, 0.15) is 35.9 Å². The smallest absolute Gasteiger partial charge is 0.241 e. The Balaban J connectivity index is 1.18. The van der Waals surface area contributed by atoms with Crippen LogP contribution in [0.2, 0.25) is 5.02 Å². The molecule has 1 fully saturated rings. The number of rotatable bonds is 7. The van der Waals surface area contributed by atoms with Crippen LogP contribution in [0.3, 0.4) is 0 Å². The van der Waals surface area contributed by atoms with Crippen molar-refractivity contribution in [2.24, 2.45) is 5.92 Å². The van der Waals surface area contributed by atoms with Crippen molar-refractivity contribution >= 4 is 17.5 Å². The van der Waals surface area contributed by atoms with Gasteiger partial charge in [0, 0.05) is 16.5 Å². The fourth-order valence-corrected chi connectivity index (χ4v) is 4.71. The van der Waals surface area contributed by atoms with E-state index in [1.54, 1.807) is 0 Å². The Morgan fingerprint density at radius 2 is 1.63 bits per heavy atom. The highest BCUT2D eigenvalue weighted by Crippen LogP contribution is 2.25. The number of hydrogen-bond acceptors (Lipinski definition) is 5. The largest absolute Gasteiger partial charge is 0.345 e. The summed E-state index contributed by atoms with van der Waals surface area (Å²) in [5.74, 6) is 1.18. The Morgan fingerprint density at radius 3 is 2.26 bits per heavy atom. The number of carbonyl (C=O) groups excluding carboxylic acids is 1. The van der Waals surface area contributed by atoms with Crippen LogP contribution in [-0.2, 0) is 11.3 Å². The van der Waals surface area contributed by atoms with Gasteiger partial charge in [-0.25, -0.2) is 0 Å². The van der Waals surface area contributed by atoms with E-state index < -0.39 is 0 Å². The molecule has 1 aliphatic heterocycles. The standard InChI is InChI=1S/C28H27ClN4O2/c29-24-13-7-12-23(18-24)27-30-25(35-32-27)19-33-16-14-22(15-17-33)28(34)31-26(20-8-3-1-4-9-20)21-10-5-2-6-11-21/h1-13,18,22,26H,14-17,19H2,(H,31,34). The first-order valence-electron chi connectivity index (χ1n) is 11.9. The van der Waals surface area contributed by atoms with E-state index in [2.05, 4.69) is 44.6 Å². The van der Waals surface area contributed by atoms with Crippen LogP contribution in [0, 0.1) is 5.92 Å². The van der Waals surface area contributed by atoms with Gasteiger partial charge in [-0.05, 0) is 49.2 Å². The van der Waals surface area contributed by atoms with Gasteiger partial charge in [-0.15, -0.1) is 0 Å². The van der Waals surface area contributed by atoms with Gasteiger partial charge in [0.25, 0.3) is 0 Å². The zero-order chi connectivity index (χ0) is 24.0. The minimum atomic E-state index is -0.161. The predicted octanol–water partition coefficient (Wildman–Crippen LogP) is 5.51. The lowest BCUT2D eigenvalue weighted by Crippen LogP contribution is -2.41. The van der Waals surface area contributed by atoms with Gasteiger partial charge in [-0.3, -0.25) is 9.69 Å². The molecular weight excluding hydrogens is 460 g/mol. The predicted molar refractivity (Wildman–Crippen MR) is 136 cm³/mol. The number of carbonyl (C=O) groups is 1. The van der Waals surface area contributed by atoms with Crippen molar-refractivity contribution in [2.75, 3.05) is 13.1 Å². The molecule has 0 aliphatic carbocycles. The lowest BCUT2D eigenvalue weighted by molar-refractivity contribution is -0.127. The molecule has 4 aromatic rings. The Kier molecular flexibility index (Phi) is 7.21. The van der Waals surface area contributed by atoms with Crippen molar-refractivity contribution < 1.29 is 9.32 Å². The van der Waals surface area contributed by atoms with Crippen LogP contribution in [0.4, 0.5) is 0 Å². The second-order valence-electron chi connectivity index (χ2n) is 8.84. The number of hydrogen-bond donors (Lipinski definition) is 1. The molecule has 1 aliphatic rings. The van der Waals surface area contributed by atoms with E-state index in [1.165, 1.54) is 0 Å². The lowest BCUT2D eigenvalue weighted by Gasteiger charge is -2.31. The topological polar surface area (TPSA) is 71.3 Å². The minimum Gasteiger partial charge on any atom is -0.345 e. The van der Waals surface area contributed by atoms with Crippen LogP contribution < -0.4 is 5.32 Å². The molecule has 178 valence electrons. The molecule has 1 amide bonds. The van der Waals surface area contributed by atoms with Crippen LogP contribution in [0.25, 0.3) is 11.4 Å². The Morgan fingerprint density at radius 1 is 0.971 bits per heavy atom. The van der Waals surface area contributed by atoms with Crippen molar-refractivity contribution in [3.63, 3.8) is 0 Å². The first kappa shape index (κ1) is 23.3. The number of halogens is 1. The molecule has 0 atom stereocenters. The Bertz CT molecular complexity index is 1210. The van der Waals surface area contributed by atoms with Gasteiger partial charge in [0.05, 0.1) is 12.6 Å². The molecule has 1 saturated heterocycles. The van der Waals surface area contributed by atoms with Gasteiger partial charge in [0.2, 0.25) is 17.6 Å². The molecule has 0 unspecified atom stereocenters. The van der Waals surface area contributed by atoms with Crippen molar-refractivity contribution in [1.82, 2.24) is 20.4 Å². The number of benzene rings is 3. The third kappa shape index (κ3) is 5.78. The number of amides is 1. The van der Waals surface area contributed by atoms with E-state index in [1.807, 2.05) is 60.7 Å². The summed E-state index contributed by atoms with van der Waals surface area (Å²) in [5.41, 5.74) is 2.99. The van der Waals surface area contributed by atoms with Crippen molar-refractivity contribution in [3.8, 4) is 11.4 Å².